The molecule has 0 aliphatic rings. The standard InChI is InChI=1S/C14H22N2O3S/c1-4-6-11(5-2)16-14(17)13-9-12(20(15,18)19)8-7-10(13)3/h7-9,11H,4-6H2,1-3H3,(H,16,17)(H2,15,18,19). The highest BCUT2D eigenvalue weighted by atomic mass is 32.2. The van der Waals surface area contributed by atoms with Gasteiger partial charge in [-0.05, 0) is 37.5 Å². The van der Waals surface area contributed by atoms with E-state index in [2.05, 4.69) is 12.2 Å². The maximum absolute atomic E-state index is 12.2. The van der Waals surface area contributed by atoms with Crippen LogP contribution in [-0.2, 0) is 10.0 Å². The van der Waals surface area contributed by atoms with Gasteiger partial charge < -0.3 is 5.32 Å². The highest BCUT2D eigenvalue weighted by Gasteiger charge is 2.16. The van der Waals surface area contributed by atoms with Gasteiger partial charge in [0, 0.05) is 11.6 Å². The number of rotatable bonds is 6. The van der Waals surface area contributed by atoms with Gasteiger partial charge in [-0.3, -0.25) is 4.79 Å². The molecule has 0 aromatic heterocycles. The van der Waals surface area contributed by atoms with Crippen molar-refractivity contribution in [3.63, 3.8) is 0 Å². The summed E-state index contributed by atoms with van der Waals surface area (Å²) < 4.78 is 22.7. The molecular formula is C14H22N2O3S. The van der Waals surface area contributed by atoms with Gasteiger partial charge in [0.2, 0.25) is 10.0 Å². The molecule has 0 aliphatic heterocycles. The molecule has 0 spiro atoms. The molecular weight excluding hydrogens is 276 g/mol. The second-order valence-electron chi connectivity index (χ2n) is 4.89. The number of carbonyl (C=O) groups is 1. The van der Waals surface area contributed by atoms with E-state index in [0.717, 1.165) is 24.8 Å². The smallest absolute Gasteiger partial charge is 0.251 e. The molecule has 0 saturated heterocycles. The van der Waals surface area contributed by atoms with E-state index in [0.29, 0.717) is 5.56 Å². The predicted octanol–water partition coefficient (Wildman–Crippen LogP) is 1.95. The number of nitrogens with two attached hydrogens (primary N) is 1. The van der Waals surface area contributed by atoms with E-state index < -0.39 is 10.0 Å². The average Bonchev–Trinajstić information content (AvgIpc) is 2.37. The Labute approximate surface area is 120 Å². The maximum Gasteiger partial charge on any atom is 0.251 e. The molecule has 0 saturated carbocycles. The minimum absolute atomic E-state index is 0.0446. The second kappa shape index (κ2) is 6.85. The Hall–Kier alpha value is -1.40. The molecule has 6 heteroatoms. The van der Waals surface area contributed by atoms with E-state index in [9.17, 15) is 13.2 Å². The van der Waals surface area contributed by atoms with Gasteiger partial charge in [-0.1, -0.05) is 26.3 Å². The van der Waals surface area contributed by atoms with Crippen LogP contribution in [0.2, 0.25) is 0 Å². The fraction of sp³-hybridized carbons (Fsp3) is 0.500. The molecule has 3 N–H and O–H groups in total. The van der Waals surface area contributed by atoms with E-state index in [1.165, 1.54) is 12.1 Å². The molecule has 5 nitrogen and oxygen atoms in total. The highest BCUT2D eigenvalue weighted by Crippen LogP contribution is 2.15. The second-order valence-corrected chi connectivity index (χ2v) is 6.45. The van der Waals surface area contributed by atoms with Crippen molar-refractivity contribution in [2.75, 3.05) is 0 Å². The maximum atomic E-state index is 12.2. The Bertz CT molecular complexity index is 582. The van der Waals surface area contributed by atoms with E-state index in [1.54, 1.807) is 13.0 Å². The quantitative estimate of drug-likeness (QED) is 0.841. The summed E-state index contributed by atoms with van der Waals surface area (Å²) in [5, 5.41) is 8.02. The van der Waals surface area contributed by atoms with E-state index in [-0.39, 0.29) is 16.8 Å². The van der Waals surface area contributed by atoms with Crippen LogP contribution in [0.15, 0.2) is 23.1 Å². The molecule has 0 radical (unpaired) electrons. The summed E-state index contributed by atoms with van der Waals surface area (Å²) in [6, 6.07) is 4.43. The largest absolute Gasteiger partial charge is 0.349 e. The summed E-state index contributed by atoms with van der Waals surface area (Å²) in [5.41, 5.74) is 1.08. The Morgan fingerprint density at radius 3 is 2.50 bits per heavy atom. The Kier molecular flexibility index (Phi) is 5.71. The number of carbonyl (C=O) groups excluding carboxylic acids is 1. The zero-order valence-corrected chi connectivity index (χ0v) is 13.0. The minimum Gasteiger partial charge on any atom is -0.349 e. The molecule has 20 heavy (non-hydrogen) atoms. The van der Waals surface area contributed by atoms with Gasteiger partial charge in [0.05, 0.1) is 4.90 Å². The molecule has 0 aliphatic carbocycles. The molecule has 0 heterocycles. The SMILES string of the molecule is CCCC(CC)NC(=O)c1cc(S(N)(=O)=O)ccc1C. The number of sulfonamides is 1. The molecule has 1 aromatic carbocycles. The van der Waals surface area contributed by atoms with Crippen LogP contribution in [0.1, 0.15) is 49.0 Å². The lowest BCUT2D eigenvalue weighted by Crippen LogP contribution is -2.34. The number of aryl methyl sites for hydroxylation is 1. The van der Waals surface area contributed by atoms with Crippen LogP contribution in [0.5, 0.6) is 0 Å². The lowest BCUT2D eigenvalue weighted by atomic mass is 10.1. The van der Waals surface area contributed by atoms with E-state index in [1.807, 2.05) is 6.92 Å². The summed E-state index contributed by atoms with van der Waals surface area (Å²) in [5.74, 6) is -0.256. The number of benzene rings is 1. The van der Waals surface area contributed by atoms with Gasteiger partial charge >= 0.3 is 0 Å². The summed E-state index contributed by atoms with van der Waals surface area (Å²) in [4.78, 5) is 12.2. The van der Waals surface area contributed by atoms with Crippen molar-refractivity contribution < 1.29 is 13.2 Å². The lowest BCUT2D eigenvalue weighted by molar-refractivity contribution is 0.0933. The zero-order chi connectivity index (χ0) is 15.3. The predicted molar refractivity (Wildman–Crippen MR) is 79.0 cm³/mol. The first-order chi connectivity index (χ1) is 9.29. The Morgan fingerprint density at radius 1 is 1.35 bits per heavy atom. The molecule has 1 aromatic rings. The van der Waals surface area contributed by atoms with E-state index in [4.69, 9.17) is 5.14 Å². The first-order valence-corrected chi connectivity index (χ1v) is 8.28. The molecule has 1 atom stereocenters. The van der Waals surface area contributed by atoms with E-state index >= 15 is 0 Å². The van der Waals surface area contributed by atoms with Crippen LogP contribution in [0.25, 0.3) is 0 Å². The van der Waals surface area contributed by atoms with Gasteiger partial charge in [0.15, 0.2) is 0 Å². The van der Waals surface area contributed by atoms with Crippen molar-refractivity contribution in [3.05, 3.63) is 29.3 Å². The summed E-state index contributed by atoms with van der Waals surface area (Å²) in [6.45, 7) is 5.83. The van der Waals surface area contributed by atoms with Crippen LogP contribution in [0.4, 0.5) is 0 Å². The van der Waals surface area contributed by atoms with Crippen LogP contribution >= 0.6 is 0 Å². The number of primary sulfonamides is 1. The first kappa shape index (κ1) is 16.7. The highest BCUT2D eigenvalue weighted by molar-refractivity contribution is 7.89. The van der Waals surface area contributed by atoms with Crippen LogP contribution in [-0.4, -0.2) is 20.4 Å². The van der Waals surface area contributed by atoms with Crippen LogP contribution in [0.3, 0.4) is 0 Å². The van der Waals surface area contributed by atoms with Gasteiger partial charge in [-0.2, -0.15) is 0 Å². The zero-order valence-electron chi connectivity index (χ0n) is 12.1. The Balaban J connectivity index is 3.03. The van der Waals surface area contributed by atoms with Crippen LogP contribution in [0, 0.1) is 6.92 Å². The molecule has 112 valence electrons. The fourth-order valence-electron chi connectivity index (χ4n) is 2.01. The fourth-order valence-corrected chi connectivity index (χ4v) is 2.55. The van der Waals surface area contributed by atoms with Crippen molar-refractivity contribution in [1.82, 2.24) is 5.32 Å². The normalized spacial score (nSPS) is 13.0. The van der Waals surface area contributed by atoms with Crippen molar-refractivity contribution in [2.24, 2.45) is 5.14 Å². The lowest BCUT2D eigenvalue weighted by Gasteiger charge is -2.17. The number of hydrogen-bond acceptors (Lipinski definition) is 3. The van der Waals surface area contributed by atoms with Crippen molar-refractivity contribution in [2.45, 2.75) is 51.0 Å². The van der Waals surface area contributed by atoms with Crippen molar-refractivity contribution >= 4 is 15.9 Å². The topological polar surface area (TPSA) is 89.3 Å². The van der Waals surface area contributed by atoms with Crippen molar-refractivity contribution in [3.8, 4) is 0 Å². The minimum atomic E-state index is -3.80. The number of nitrogens with one attached hydrogen (secondary N) is 1. The third-order valence-electron chi connectivity index (χ3n) is 3.25. The van der Waals surface area contributed by atoms with Crippen LogP contribution < -0.4 is 10.5 Å². The number of amides is 1. The molecule has 0 bridgehead atoms. The molecule has 0 fully saturated rings. The van der Waals surface area contributed by atoms with Gasteiger partial charge in [-0.15, -0.1) is 0 Å². The first-order valence-electron chi connectivity index (χ1n) is 6.73. The third kappa shape index (κ3) is 4.31. The summed E-state index contributed by atoms with van der Waals surface area (Å²) in [7, 11) is -3.80. The number of hydrogen-bond donors (Lipinski definition) is 2. The average molecular weight is 298 g/mol. The molecule has 1 amide bonds. The summed E-state index contributed by atoms with van der Waals surface area (Å²) >= 11 is 0. The van der Waals surface area contributed by atoms with Gasteiger partial charge in [0.25, 0.3) is 5.91 Å². The molecule has 1 unspecified atom stereocenters. The van der Waals surface area contributed by atoms with Crippen molar-refractivity contribution in [1.29, 1.82) is 0 Å². The molecule has 1 rings (SSSR count). The Morgan fingerprint density at radius 2 is 2.00 bits per heavy atom. The van der Waals surface area contributed by atoms with Gasteiger partial charge in [0.1, 0.15) is 0 Å². The third-order valence-corrected chi connectivity index (χ3v) is 4.16. The summed E-state index contributed by atoms with van der Waals surface area (Å²) in [6.07, 6.45) is 2.72. The monoisotopic (exact) mass is 298 g/mol. The van der Waals surface area contributed by atoms with Gasteiger partial charge in [-0.25, -0.2) is 13.6 Å².